The standard InChI is InChI=1S/C20H31N3O3/c1-15(2)26-14-17-7-5-6-16(12-17)13-22-20(21-3)23-10-8-18(9-11-23)19(24)25-4/h5-7,12,15,18H,8-11,13-14H2,1-4H3,(H,21,22). The van der Waals surface area contributed by atoms with Crippen molar-refractivity contribution in [3.8, 4) is 0 Å². The van der Waals surface area contributed by atoms with E-state index in [0.717, 1.165) is 31.9 Å². The molecule has 1 aliphatic heterocycles. The fraction of sp³-hybridized carbons (Fsp3) is 0.600. The molecule has 0 radical (unpaired) electrons. The van der Waals surface area contributed by atoms with Crippen LogP contribution in [0, 0.1) is 5.92 Å². The summed E-state index contributed by atoms with van der Waals surface area (Å²) in [5.74, 6) is 0.775. The molecule has 0 spiro atoms. The maximum Gasteiger partial charge on any atom is 0.308 e. The Kier molecular flexibility index (Phi) is 7.91. The summed E-state index contributed by atoms with van der Waals surface area (Å²) in [6.45, 7) is 7.03. The summed E-state index contributed by atoms with van der Waals surface area (Å²) in [6.07, 6.45) is 1.83. The van der Waals surface area contributed by atoms with Gasteiger partial charge < -0.3 is 19.7 Å². The first-order chi connectivity index (χ1) is 12.5. The Bertz CT molecular complexity index is 608. The summed E-state index contributed by atoms with van der Waals surface area (Å²) in [5.41, 5.74) is 2.37. The lowest BCUT2D eigenvalue weighted by molar-refractivity contribution is -0.146. The van der Waals surface area contributed by atoms with Gasteiger partial charge >= 0.3 is 5.97 Å². The van der Waals surface area contributed by atoms with Gasteiger partial charge in [0.15, 0.2) is 5.96 Å². The quantitative estimate of drug-likeness (QED) is 0.479. The summed E-state index contributed by atoms with van der Waals surface area (Å²) in [7, 11) is 3.25. The Morgan fingerprint density at radius 2 is 2.00 bits per heavy atom. The molecule has 1 aliphatic rings. The lowest BCUT2D eigenvalue weighted by atomic mass is 9.97. The molecule has 26 heavy (non-hydrogen) atoms. The van der Waals surface area contributed by atoms with Crippen molar-refractivity contribution in [1.29, 1.82) is 0 Å². The highest BCUT2D eigenvalue weighted by atomic mass is 16.5. The number of hydrogen-bond donors (Lipinski definition) is 1. The van der Waals surface area contributed by atoms with Gasteiger partial charge in [-0.05, 0) is 37.8 Å². The van der Waals surface area contributed by atoms with Crippen molar-refractivity contribution in [2.45, 2.75) is 45.9 Å². The number of guanidine groups is 1. The molecule has 0 aliphatic carbocycles. The molecular formula is C20H31N3O3. The van der Waals surface area contributed by atoms with E-state index in [1.54, 1.807) is 7.05 Å². The maximum atomic E-state index is 11.7. The zero-order chi connectivity index (χ0) is 18.9. The molecule has 1 aromatic carbocycles. The monoisotopic (exact) mass is 361 g/mol. The van der Waals surface area contributed by atoms with Crippen molar-refractivity contribution < 1.29 is 14.3 Å². The number of nitrogens with zero attached hydrogens (tertiary/aromatic N) is 2. The average molecular weight is 361 g/mol. The summed E-state index contributed by atoms with van der Waals surface area (Å²) in [6, 6.07) is 8.40. The van der Waals surface area contributed by atoms with Gasteiger partial charge in [-0.25, -0.2) is 0 Å². The fourth-order valence-electron chi connectivity index (χ4n) is 3.10. The van der Waals surface area contributed by atoms with Crippen molar-refractivity contribution in [2.75, 3.05) is 27.2 Å². The van der Waals surface area contributed by atoms with Gasteiger partial charge in [-0.2, -0.15) is 0 Å². The Balaban J connectivity index is 1.86. The van der Waals surface area contributed by atoms with Crippen LogP contribution in [0.3, 0.4) is 0 Å². The van der Waals surface area contributed by atoms with Gasteiger partial charge in [0.1, 0.15) is 0 Å². The number of aliphatic imine (C=N–C) groups is 1. The number of ether oxygens (including phenoxy) is 2. The van der Waals surface area contributed by atoms with Gasteiger partial charge in [0.05, 0.1) is 25.7 Å². The molecule has 1 heterocycles. The van der Waals surface area contributed by atoms with Crippen LogP contribution in [-0.4, -0.2) is 50.2 Å². The highest BCUT2D eigenvalue weighted by molar-refractivity contribution is 5.80. The number of piperidine rings is 1. The molecule has 144 valence electrons. The summed E-state index contributed by atoms with van der Waals surface area (Å²) < 4.78 is 10.5. The van der Waals surface area contributed by atoms with Crippen molar-refractivity contribution in [1.82, 2.24) is 10.2 Å². The molecule has 6 nitrogen and oxygen atoms in total. The molecule has 1 aromatic rings. The third-order valence-electron chi connectivity index (χ3n) is 4.57. The second-order valence-electron chi connectivity index (χ2n) is 6.86. The van der Waals surface area contributed by atoms with Gasteiger partial charge in [-0.3, -0.25) is 9.79 Å². The van der Waals surface area contributed by atoms with Crippen LogP contribution in [0.15, 0.2) is 29.3 Å². The van der Waals surface area contributed by atoms with Crippen molar-refractivity contribution in [3.63, 3.8) is 0 Å². The van der Waals surface area contributed by atoms with Crippen LogP contribution in [0.5, 0.6) is 0 Å². The molecule has 0 aromatic heterocycles. The molecule has 6 heteroatoms. The van der Waals surface area contributed by atoms with Gasteiger partial charge in [-0.15, -0.1) is 0 Å². The molecule has 1 fully saturated rings. The molecule has 0 unspecified atom stereocenters. The van der Waals surface area contributed by atoms with Crippen LogP contribution in [0.4, 0.5) is 0 Å². The van der Waals surface area contributed by atoms with E-state index in [-0.39, 0.29) is 18.0 Å². The summed E-state index contributed by atoms with van der Waals surface area (Å²) >= 11 is 0. The Morgan fingerprint density at radius 3 is 2.62 bits per heavy atom. The van der Waals surface area contributed by atoms with Gasteiger partial charge in [0.2, 0.25) is 0 Å². The number of rotatable bonds is 6. The smallest absolute Gasteiger partial charge is 0.308 e. The Hall–Kier alpha value is -2.08. The number of benzene rings is 1. The van der Waals surface area contributed by atoms with E-state index in [1.165, 1.54) is 18.2 Å². The van der Waals surface area contributed by atoms with Crippen LogP contribution >= 0.6 is 0 Å². The van der Waals surface area contributed by atoms with E-state index in [4.69, 9.17) is 9.47 Å². The number of methoxy groups -OCH3 is 1. The average Bonchev–Trinajstić information content (AvgIpc) is 2.67. The lowest BCUT2D eigenvalue weighted by Gasteiger charge is -2.33. The predicted molar refractivity (Wildman–Crippen MR) is 103 cm³/mol. The first kappa shape index (κ1) is 20.2. The Labute approximate surface area is 156 Å². The van der Waals surface area contributed by atoms with Gasteiger partial charge in [0, 0.05) is 26.7 Å². The highest BCUT2D eigenvalue weighted by Gasteiger charge is 2.26. The first-order valence-electron chi connectivity index (χ1n) is 9.26. The van der Waals surface area contributed by atoms with Crippen molar-refractivity contribution in [3.05, 3.63) is 35.4 Å². The van der Waals surface area contributed by atoms with Gasteiger partial charge in [0.25, 0.3) is 0 Å². The minimum Gasteiger partial charge on any atom is -0.469 e. The third-order valence-corrected chi connectivity index (χ3v) is 4.57. The minimum atomic E-state index is -0.104. The van der Waals surface area contributed by atoms with Crippen molar-refractivity contribution in [2.24, 2.45) is 10.9 Å². The van der Waals surface area contributed by atoms with Crippen LogP contribution in [-0.2, 0) is 27.4 Å². The maximum absolute atomic E-state index is 11.7. The third kappa shape index (κ3) is 6.02. The topological polar surface area (TPSA) is 63.2 Å². The highest BCUT2D eigenvalue weighted by Crippen LogP contribution is 2.18. The number of hydrogen-bond acceptors (Lipinski definition) is 4. The molecule has 2 rings (SSSR count). The van der Waals surface area contributed by atoms with Crippen molar-refractivity contribution >= 4 is 11.9 Å². The summed E-state index contributed by atoms with van der Waals surface area (Å²) in [5, 5.41) is 3.42. The zero-order valence-electron chi connectivity index (χ0n) is 16.3. The second kappa shape index (κ2) is 10.2. The molecule has 0 bridgehead atoms. The molecule has 0 amide bonds. The normalized spacial score (nSPS) is 16.0. The first-order valence-corrected chi connectivity index (χ1v) is 9.26. The number of carbonyl (C=O) groups excluding carboxylic acids is 1. The van der Waals surface area contributed by atoms with Crippen LogP contribution < -0.4 is 5.32 Å². The van der Waals surface area contributed by atoms with E-state index in [9.17, 15) is 4.79 Å². The number of carbonyl (C=O) groups is 1. The molecule has 1 saturated heterocycles. The molecule has 0 atom stereocenters. The predicted octanol–water partition coefficient (Wildman–Crippen LogP) is 2.57. The van der Waals surface area contributed by atoms with E-state index in [0.29, 0.717) is 13.2 Å². The number of esters is 1. The van der Waals surface area contributed by atoms with Crippen LogP contribution in [0.1, 0.15) is 37.8 Å². The van der Waals surface area contributed by atoms with Crippen LogP contribution in [0.2, 0.25) is 0 Å². The zero-order valence-corrected chi connectivity index (χ0v) is 16.3. The number of likely N-dealkylation sites (tertiary alicyclic amines) is 1. The largest absolute Gasteiger partial charge is 0.469 e. The van der Waals surface area contributed by atoms with E-state index in [2.05, 4.69) is 39.5 Å². The minimum absolute atomic E-state index is 0.00648. The molecular weight excluding hydrogens is 330 g/mol. The van der Waals surface area contributed by atoms with E-state index >= 15 is 0 Å². The second-order valence-corrected chi connectivity index (χ2v) is 6.86. The lowest BCUT2D eigenvalue weighted by Crippen LogP contribution is -2.46. The van der Waals surface area contributed by atoms with E-state index in [1.807, 2.05) is 13.8 Å². The molecule has 0 saturated carbocycles. The van der Waals surface area contributed by atoms with E-state index < -0.39 is 0 Å². The SMILES string of the molecule is CN=C(NCc1cccc(COC(C)C)c1)N1CCC(C(=O)OC)CC1. The van der Waals surface area contributed by atoms with Gasteiger partial charge in [-0.1, -0.05) is 24.3 Å². The fourth-order valence-corrected chi connectivity index (χ4v) is 3.10. The number of nitrogens with one attached hydrogen (secondary N) is 1. The summed E-state index contributed by atoms with van der Waals surface area (Å²) in [4.78, 5) is 18.2. The van der Waals surface area contributed by atoms with Crippen LogP contribution in [0.25, 0.3) is 0 Å². The molecule has 1 N–H and O–H groups in total. The Morgan fingerprint density at radius 1 is 1.31 bits per heavy atom.